The largest absolute Gasteiger partial charge is 0.328 e. The van der Waals surface area contributed by atoms with Gasteiger partial charge in [-0.2, -0.15) is 5.10 Å². The second kappa shape index (κ2) is 3.50. The first kappa shape index (κ1) is 8.75. The van der Waals surface area contributed by atoms with Crippen molar-refractivity contribution in [3.63, 3.8) is 0 Å². The third-order valence-electron chi connectivity index (χ3n) is 2.92. The summed E-state index contributed by atoms with van der Waals surface area (Å²) >= 11 is 0. The van der Waals surface area contributed by atoms with E-state index in [0.29, 0.717) is 12.0 Å². The summed E-state index contributed by atoms with van der Waals surface area (Å²) in [6.07, 6.45) is 7.68. The molecule has 0 aliphatic heterocycles. The second-order valence-electron chi connectivity index (χ2n) is 3.90. The summed E-state index contributed by atoms with van der Waals surface area (Å²) in [6.45, 7) is 3.07. The molecular formula is C10H17N3. The average Bonchev–Trinajstić information content (AvgIpc) is 2.71. The molecular weight excluding hydrogens is 162 g/mol. The Balaban J connectivity index is 2.08. The molecule has 2 rings (SSSR count). The molecule has 2 atom stereocenters. The zero-order valence-corrected chi connectivity index (χ0v) is 8.11. The fourth-order valence-corrected chi connectivity index (χ4v) is 2.08. The number of hydrogen-bond donors (Lipinski definition) is 1. The van der Waals surface area contributed by atoms with E-state index in [2.05, 4.69) is 18.2 Å². The van der Waals surface area contributed by atoms with Crippen LogP contribution in [-0.2, 0) is 6.54 Å². The smallest absolute Gasteiger partial charge is 0.0524 e. The van der Waals surface area contributed by atoms with E-state index in [0.717, 1.165) is 13.0 Å². The molecule has 1 saturated carbocycles. The lowest BCUT2D eigenvalue weighted by molar-refractivity contribution is 0.652. The summed E-state index contributed by atoms with van der Waals surface area (Å²) in [7, 11) is 0. The van der Waals surface area contributed by atoms with Gasteiger partial charge < -0.3 is 5.73 Å². The molecule has 0 saturated heterocycles. The van der Waals surface area contributed by atoms with Crippen molar-refractivity contribution in [1.82, 2.24) is 9.78 Å². The molecule has 1 aliphatic carbocycles. The molecule has 2 N–H and O–H groups in total. The van der Waals surface area contributed by atoms with Crippen molar-refractivity contribution in [3.05, 3.63) is 18.0 Å². The lowest BCUT2D eigenvalue weighted by atomic mass is 10.0. The highest BCUT2D eigenvalue weighted by atomic mass is 15.3. The number of aromatic nitrogens is 2. The first-order chi connectivity index (χ1) is 6.29. The van der Waals surface area contributed by atoms with Gasteiger partial charge in [0, 0.05) is 18.8 Å². The Morgan fingerprint density at radius 1 is 1.62 bits per heavy atom. The van der Waals surface area contributed by atoms with Crippen LogP contribution in [-0.4, -0.2) is 15.8 Å². The minimum absolute atomic E-state index is 0.412. The van der Waals surface area contributed by atoms with Gasteiger partial charge in [-0.05, 0) is 37.7 Å². The zero-order valence-electron chi connectivity index (χ0n) is 8.11. The molecule has 72 valence electrons. The maximum Gasteiger partial charge on any atom is 0.0524 e. The van der Waals surface area contributed by atoms with Crippen LogP contribution in [0.1, 0.15) is 37.7 Å². The van der Waals surface area contributed by atoms with E-state index in [1.54, 1.807) is 0 Å². The molecule has 2 unspecified atom stereocenters. The van der Waals surface area contributed by atoms with E-state index < -0.39 is 0 Å². The number of nitrogens with two attached hydrogens (primary N) is 1. The van der Waals surface area contributed by atoms with Crippen molar-refractivity contribution in [2.75, 3.05) is 0 Å². The predicted octanol–water partition coefficient (Wildman–Crippen LogP) is 1.50. The SMILES string of the molecule is CCn1cc(C2CCC(N)C2)cn1. The van der Waals surface area contributed by atoms with Crippen LogP contribution in [0.25, 0.3) is 0 Å². The van der Waals surface area contributed by atoms with Gasteiger partial charge in [0.25, 0.3) is 0 Å². The minimum atomic E-state index is 0.412. The van der Waals surface area contributed by atoms with Crippen LogP contribution in [0.3, 0.4) is 0 Å². The first-order valence-corrected chi connectivity index (χ1v) is 5.07. The van der Waals surface area contributed by atoms with Crippen molar-refractivity contribution >= 4 is 0 Å². The van der Waals surface area contributed by atoms with Crippen LogP contribution < -0.4 is 5.73 Å². The first-order valence-electron chi connectivity index (χ1n) is 5.07. The normalized spacial score (nSPS) is 28.2. The van der Waals surface area contributed by atoms with E-state index in [4.69, 9.17) is 5.73 Å². The fraction of sp³-hybridized carbons (Fsp3) is 0.700. The van der Waals surface area contributed by atoms with Gasteiger partial charge in [0.15, 0.2) is 0 Å². The lowest BCUT2D eigenvalue weighted by Crippen LogP contribution is -2.14. The predicted molar refractivity (Wildman–Crippen MR) is 52.5 cm³/mol. The van der Waals surface area contributed by atoms with Gasteiger partial charge in [-0.1, -0.05) is 0 Å². The van der Waals surface area contributed by atoms with E-state index in [9.17, 15) is 0 Å². The maximum atomic E-state index is 5.87. The Hall–Kier alpha value is -0.830. The third kappa shape index (κ3) is 1.75. The number of hydrogen-bond acceptors (Lipinski definition) is 2. The standard InChI is InChI=1S/C10H17N3/c1-2-13-7-9(6-12-13)8-3-4-10(11)5-8/h6-8,10H,2-5,11H2,1H3. The molecule has 0 bridgehead atoms. The summed E-state index contributed by atoms with van der Waals surface area (Å²) in [5.74, 6) is 0.662. The van der Waals surface area contributed by atoms with Crippen molar-refractivity contribution in [2.45, 2.75) is 44.7 Å². The Morgan fingerprint density at radius 2 is 2.46 bits per heavy atom. The Kier molecular flexibility index (Phi) is 2.36. The molecule has 1 aliphatic rings. The van der Waals surface area contributed by atoms with Crippen molar-refractivity contribution in [1.29, 1.82) is 0 Å². The monoisotopic (exact) mass is 179 g/mol. The van der Waals surface area contributed by atoms with Gasteiger partial charge in [0.05, 0.1) is 6.20 Å². The summed E-state index contributed by atoms with van der Waals surface area (Å²) in [5, 5.41) is 4.28. The van der Waals surface area contributed by atoms with Crippen LogP contribution in [0.4, 0.5) is 0 Å². The van der Waals surface area contributed by atoms with Crippen molar-refractivity contribution in [2.24, 2.45) is 5.73 Å². The highest BCUT2D eigenvalue weighted by molar-refractivity contribution is 5.13. The van der Waals surface area contributed by atoms with Crippen LogP contribution in [0.5, 0.6) is 0 Å². The summed E-state index contributed by atoms with van der Waals surface area (Å²) in [5.41, 5.74) is 7.24. The van der Waals surface area contributed by atoms with Gasteiger partial charge in [-0.15, -0.1) is 0 Å². The molecule has 0 aromatic carbocycles. The Morgan fingerprint density at radius 3 is 3.00 bits per heavy atom. The van der Waals surface area contributed by atoms with Gasteiger partial charge in [0.2, 0.25) is 0 Å². The highest BCUT2D eigenvalue weighted by Gasteiger charge is 2.23. The van der Waals surface area contributed by atoms with Gasteiger partial charge in [-0.25, -0.2) is 0 Å². The molecule has 1 aromatic rings. The molecule has 0 amide bonds. The molecule has 3 nitrogen and oxygen atoms in total. The van der Waals surface area contributed by atoms with Crippen molar-refractivity contribution in [3.8, 4) is 0 Å². The summed E-state index contributed by atoms with van der Waals surface area (Å²) < 4.78 is 1.99. The molecule has 0 spiro atoms. The number of nitrogens with zero attached hydrogens (tertiary/aromatic N) is 2. The Labute approximate surface area is 78.9 Å². The zero-order chi connectivity index (χ0) is 9.26. The molecule has 1 aromatic heterocycles. The third-order valence-corrected chi connectivity index (χ3v) is 2.92. The molecule has 1 heterocycles. The van der Waals surface area contributed by atoms with Crippen LogP contribution >= 0.6 is 0 Å². The quantitative estimate of drug-likeness (QED) is 0.747. The van der Waals surface area contributed by atoms with Crippen LogP contribution in [0.2, 0.25) is 0 Å². The molecule has 3 heteroatoms. The van der Waals surface area contributed by atoms with Crippen molar-refractivity contribution < 1.29 is 0 Å². The molecule has 13 heavy (non-hydrogen) atoms. The number of aryl methyl sites for hydroxylation is 1. The molecule has 0 radical (unpaired) electrons. The average molecular weight is 179 g/mol. The summed E-state index contributed by atoms with van der Waals surface area (Å²) in [4.78, 5) is 0. The highest BCUT2D eigenvalue weighted by Crippen LogP contribution is 2.32. The van der Waals surface area contributed by atoms with E-state index in [-0.39, 0.29) is 0 Å². The van der Waals surface area contributed by atoms with Crippen LogP contribution in [0.15, 0.2) is 12.4 Å². The van der Waals surface area contributed by atoms with E-state index >= 15 is 0 Å². The van der Waals surface area contributed by atoms with E-state index in [1.165, 1.54) is 18.4 Å². The fourth-order valence-electron chi connectivity index (χ4n) is 2.08. The van der Waals surface area contributed by atoms with Gasteiger partial charge >= 0.3 is 0 Å². The van der Waals surface area contributed by atoms with Gasteiger partial charge in [0.1, 0.15) is 0 Å². The Bertz CT molecular complexity index is 279. The van der Waals surface area contributed by atoms with Gasteiger partial charge in [-0.3, -0.25) is 4.68 Å². The lowest BCUT2D eigenvalue weighted by Gasteiger charge is -2.04. The van der Waals surface area contributed by atoms with E-state index in [1.807, 2.05) is 10.9 Å². The maximum absolute atomic E-state index is 5.87. The topological polar surface area (TPSA) is 43.8 Å². The summed E-state index contributed by atoms with van der Waals surface area (Å²) in [6, 6.07) is 0.412. The number of rotatable bonds is 2. The minimum Gasteiger partial charge on any atom is -0.328 e. The molecule has 1 fully saturated rings. The van der Waals surface area contributed by atoms with Crippen LogP contribution in [0, 0.1) is 0 Å². The second-order valence-corrected chi connectivity index (χ2v) is 3.90.